The van der Waals surface area contributed by atoms with Crippen molar-refractivity contribution in [3.05, 3.63) is 16.9 Å². The minimum atomic E-state index is 0.491. The van der Waals surface area contributed by atoms with Gasteiger partial charge in [-0.15, -0.1) is 0 Å². The van der Waals surface area contributed by atoms with E-state index in [9.17, 15) is 0 Å². The number of aliphatic imine (C=N–C) groups is 1. The number of aromatic nitrogens is 2. The number of halogens is 1. The standard InChI is InChI=1S/C10H18ClN5/c1-14(2)10(15(3)4)12-6-9-8(11)7-16(5)13-9/h7H,6H2,1-5H3. The van der Waals surface area contributed by atoms with Crippen molar-refractivity contribution < 1.29 is 0 Å². The van der Waals surface area contributed by atoms with Crippen LogP contribution in [0.1, 0.15) is 5.69 Å². The van der Waals surface area contributed by atoms with E-state index in [1.807, 2.05) is 45.0 Å². The Labute approximate surface area is 101 Å². The third-order valence-corrected chi connectivity index (χ3v) is 2.34. The van der Waals surface area contributed by atoms with Crippen LogP contribution in [0.4, 0.5) is 0 Å². The molecule has 0 aliphatic rings. The molecule has 0 atom stereocenters. The molecule has 0 unspecified atom stereocenters. The number of aryl methyl sites for hydroxylation is 1. The maximum absolute atomic E-state index is 6.01. The lowest BCUT2D eigenvalue weighted by molar-refractivity contribution is 0.479. The molecule has 1 rings (SSSR count). The predicted octanol–water partition coefficient (Wildman–Crippen LogP) is 1.05. The van der Waals surface area contributed by atoms with Gasteiger partial charge in [-0.25, -0.2) is 4.99 Å². The van der Waals surface area contributed by atoms with Crippen LogP contribution in [0.5, 0.6) is 0 Å². The highest BCUT2D eigenvalue weighted by molar-refractivity contribution is 6.31. The Kier molecular flexibility index (Phi) is 4.18. The smallest absolute Gasteiger partial charge is 0.195 e. The normalized spacial score (nSPS) is 10.1. The van der Waals surface area contributed by atoms with Gasteiger partial charge in [0, 0.05) is 41.4 Å². The van der Waals surface area contributed by atoms with Gasteiger partial charge >= 0.3 is 0 Å². The third-order valence-electron chi connectivity index (χ3n) is 2.02. The molecule has 0 bridgehead atoms. The lowest BCUT2D eigenvalue weighted by Gasteiger charge is -2.22. The van der Waals surface area contributed by atoms with Crippen LogP contribution < -0.4 is 0 Å². The van der Waals surface area contributed by atoms with Gasteiger partial charge in [-0.3, -0.25) is 4.68 Å². The van der Waals surface area contributed by atoms with Gasteiger partial charge in [0.25, 0.3) is 0 Å². The summed E-state index contributed by atoms with van der Waals surface area (Å²) in [6.07, 6.45) is 1.78. The van der Waals surface area contributed by atoms with Gasteiger partial charge in [0.05, 0.1) is 11.6 Å². The van der Waals surface area contributed by atoms with Crippen molar-refractivity contribution in [2.75, 3.05) is 28.2 Å². The first kappa shape index (κ1) is 12.8. The molecule has 5 nitrogen and oxygen atoms in total. The molecule has 0 radical (unpaired) electrons. The van der Waals surface area contributed by atoms with Crippen LogP contribution in [0, 0.1) is 0 Å². The largest absolute Gasteiger partial charge is 0.349 e. The van der Waals surface area contributed by atoms with Gasteiger partial charge in [-0.1, -0.05) is 11.6 Å². The number of guanidine groups is 1. The highest BCUT2D eigenvalue weighted by Crippen LogP contribution is 2.14. The Bertz CT molecular complexity index is 371. The van der Waals surface area contributed by atoms with Gasteiger partial charge < -0.3 is 9.80 Å². The highest BCUT2D eigenvalue weighted by Gasteiger charge is 2.07. The van der Waals surface area contributed by atoms with E-state index in [2.05, 4.69) is 10.1 Å². The zero-order valence-electron chi connectivity index (χ0n) is 10.4. The monoisotopic (exact) mass is 243 g/mol. The maximum Gasteiger partial charge on any atom is 0.195 e. The Balaban J connectivity index is 2.81. The van der Waals surface area contributed by atoms with E-state index in [1.165, 1.54) is 0 Å². The molecular weight excluding hydrogens is 226 g/mol. The van der Waals surface area contributed by atoms with E-state index in [1.54, 1.807) is 10.9 Å². The van der Waals surface area contributed by atoms with Crippen LogP contribution in [0.15, 0.2) is 11.2 Å². The summed E-state index contributed by atoms with van der Waals surface area (Å²) in [6, 6.07) is 0. The molecule has 0 saturated heterocycles. The molecule has 0 N–H and O–H groups in total. The molecule has 0 aliphatic carbocycles. The summed E-state index contributed by atoms with van der Waals surface area (Å²) in [5, 5.41) is 4.90. The van der Waals surface area contributed by atoms with Crippen LogP contribution in [0.25, 0.3) is 0 Å². The molecule has 1 aromatic rings. The van der Waals surface area contributed by atoms with E-state index in [4.69, 9.17) is 11.6 Å². The third kappa shape index (κ3) is 3.13. The van der Waals surface area contributed by atoms with Crippen molar-refractivity contribution in [1.82, 2.24) is 19.6 Å². The molecule has 0 fully saturated rings. The summed E-state index contributed by atoms with van der Waals surface area (Å²) < 4.78 is 1.69. The quantitative estimate of drug-likeness (QED) is 0.576. The van der Waals surface area contributed by atoms with Crippen molar-refractivity contribution in [3.8, 4) is 0 Å². The predicted molar refractivity (Wildman–Crippen MR) is 66.7 cm³/mol. The fourth-order valence-corrected chi connectivity index (χ4v) is 1.68. The Hall–Kier alpha value is -1.23. The van der Waals surface area contributed by atoms with Crippen LogP contribution in [-0.2, 0) is 13.6 Å². The number of hydrogen-bond donors (Lipinski definition) is 0. The summed E-state index contributed by atoms with van der Waals surface area (Å²) in [5.41, 5.74) is 0.797. The van der Waals surface area contributed by atoms with Gasteiger partial charge in [0.1, 0.15) is 5.69 Å². The van der Waals surface area contributed by atoms with Gasteiger partial charge in [-0.05, 0) is 0 Å². The van der Waals surface area contributed by atoms with E-state index in [0.29, 0.717) is 11.6 Å². The summed E-state index contributed by atoms with van der Waals surface area (Å²) in [4.78, 5) is 8.39. The summed E-state index contributed by atoms with van der Waals surface area (Å²) >= 11 is 6.01. The minimum Gasteiger partial charge on any atom is -0.349 e. The number of hydrogen-bond acceptors (Lipinski definition) is 2. The van der Waals surface area contributed by atoms with Crippen LogP contribution >= 0.6 is 11.6 Å². The van der Waals surface area contributed by atoms with Crippen molar-refractivity contribution in [1.29, 1.82) is 0 Å². The second-order valence-corrected chi connectivity index (χ2v) is 4.41. The topological polar surface area (TPSA) is 36.7 Å². The molecule has 1 aromatic heterocycles. The average Bonchev–Trinajstić information content (AvgIpc) is 2.44. The Morgan fingerprint density at radius 2 is 1.94 bits per heavy atom. The number of nitrogens with zero attached hydrogens (tertiary/aromatic N) is 5. The zero-order valence-corrected chi connectivity index (χ0v) is 11.2. The van der Waals surface area contributed by atoms with E-state index in [0.717, 1.165) is 11.7 Å². The van der Waals surface area contributed by atoms with Gasteiger partial charge in [0.15, 0.2) is 5.96 Å². The molecular formula is C10H18ClN5. The van der Waals surface area contributed by atoms with Crippen LogP contribution in [0.2, 0.25) is 5.02 Å². The van der Waals surface area contributed by atoms with Crippen molar-refractivity contribution in [2.45, 2.75) is 6.54 Å². The lowest BCUT2D eigenvalue weighted by atomic mass is 10.4. The molecule has 0 aromatic carbocycles. The average molecular weight is 244 g/mol. The van der Waals surface area contributed by atoms with E-state index >= 15 is 0 Å². The minimum absolute atomic E-state index is 0.491. The lowest BCUT2D eigenvalue weighted by Crippen LogP contribution is -2.35. The summed E-state index contributed by atoms with van der Waals surface area (Å²) in [7, 11) is 9.67. The van der Waals surface area contributed by atoms with Gasteiger partial charge in [0.2, 0.25) is 0 Å². The molecule has 0 amide bonds. The number of rotatable bonds is 2. The van der Waals surface area contributed by atoms with E-state index < -0.39 is 0 Å². The molecule has 0 saturated carbocycles. The molecule has 6 heteroatoms. The van der Waals surface area contributed by atoms with Gasteiger partial charge in [-0.2, -0.15) is 5.10 Å². The van der Waals surface area contributed by atoms with Crippen molar-refractivity contribution >= 4 is 17.6 Å². The second kappa shape index (κ2) is 5.21. The maximum atomic E-state index is 6.01. The SMILES string of the molecule is CN(C)C(=NCc1nn(C)cc1Cl)N(C)C. The summed E-state index contributed by atoms with van der Waals surface area (Å²) in [5.74, 6) is 0.890. The highest BCUT2D eigenvalue weighted by atomic mass is 35.5. The summed E-state index contributed by atoms with van der Waals surface area (Å²) in [6.45, 7) is 0.491. The van der Waals surface area contributed by atoms with Crippen LogP contribution in [-0.4, -0.2) is 53.7 Å². The Morgan fingerprint density at radius 3 is 2.31 bits per heavy atom. The molecule has 1 heterocycles. The zero-order chi connectivity index (χ0) is 12.3. The molecule has 0 aliphatic heterocycles. The molecule has 90 valence electrons. The van der Waals surface area contributed by atoms with Crippen LogP contribution in [0.3, 0.4) is 0 Å². The fraction of sp³-hybridized carbons (Fsp3) is 0.600. The van der Waals surface area contributed by atoms with Crippen molar-refractivity contribution in [3.63, 3.8) is 0 Å². The second-order valence-electron chi connectivity index (χ2n) is 4.00. The van der Waals surface area contributed by atoms with Crippen molar-refractivity contribution in [2.24, 2.45) is 12.0 Å². The molecule has 0 spiro atoms. The first-order valence-corrected chi connectivity index (χ1v) is 5.36. The first-order chi connectivity index (χ1) is 7.41. The molecule has 16 heavy (non-hydrogen) atoms. The first-order valence-electron chi connectivity index (χ1n) is 4.99. The Morgan fingerprint density at radius 1 is 1.38 bits per heavy atom. The fourth-order valence-electron chi connectivity index (χ4n) is 1.44. The van der Waals surface area contributed by atoms with E-state index in [-0.39, 0.29) is 0 Å².